The molecule has 4 heteroatoms. The standard InChI is InChI=1S/C24H32N2O2/c1-27-22-17-20-11-14-26(16-15-25-12-7-4-8-13-25)24(19-9-5-3-6-10-19)21(20)18-23(22)28-2/h3,5-6,9-10,17-18,24H,4,7-8,11-16H2,1-2H3. The second kappa shape index (κ2) is 8.97. The highest BCUT2D eigenvalue weighted by atomic mass is 16.5. The molecule has 2 aromatic carbocycles. The summed E-state index contributed by atoms with van der Waals surface area (Å²) in [6.45, 7) is 5.85. The molecule has 2 aliphatic heterocycles. The molecule has 2 aliphatic rings. The molecule has 0 aliphatic carbocycles. The van der Waals surface area contributed by atoms with E-state index in [1.54, 1.807) is 14.2 Å². The zero-order valence-electron chi connectivity index (χ0n) is 17.2. The Morgan fingerprint density at radius 3 is 2.29 bits per heavy atom. The summed E-state index contributed by atoms with van der Waals surface area (Å²) < 4.78 is 11.2. The van der Waals surface area contributed by atoms with Crippen LogP contribution in [0, 0.1) is 0 Å². The largest absolute Gasteiger partial charge is 0.493 e. The number of likely N-dealkylation sites (tertiary alicyclic amines) is 1. The summed E-state index contributed by atoms with van der Waals surface area (Å²) in [5, 5.41) is 0. The number of rotatable bonds is 6. The van der Waals surface area contributed by atoms with Gasteiger partial charge in [0.15, 0.2) is 11.5 Å². The minimum Gasteiger partial charge on any atom is -0.493 e. The summed E-state index contributed by atoms with van der Waals surface area (Å²) in [4.78, 5) is 5.29. The van der Waals surface area contributed by atoms with Gasteiger partial charge in [-0.15, -0.1) is 0 Å². The molecule has 0 radical (unpaired) electrons. The van der Waals surface area contributed by atoms with Gasteiger partial charge in [-0.25, -0.2) is 0 Å². The van der Waals surface area contributed by atoms with Gasteiger partial charge >= 0.3 is 0 Å². The lowest BCUT2D eigenvalue weighted by atomic mass is 9.87. The van der Waals surface area contributed by atoms with Crippen molar-refractivity contribution in [1.29, 1.82) is 0 Å². The van der Waals surface area contributed by atoms with E-state index in [1.165, 1.54) is 49.0 Å². The quantitative estimate of drug-likeness (QED) is 0.752. The number of fused-ring (bicyclic) bond motifs is 1. The lowest BCUT2D eigenvalue weighted by Crippen LogP contribution is -2.42. The maximum atomic E-state index is 5.63. The smallest absolute Gasteiger partial charge is 0.161 e. The first-order valence-corrected chi connectivity index (χ1v) is 10.6. The average molecular weight is 381 g/mol. The van der Waals surface area contributed by atoms with Crippen molar-refractivity contribution in [2.45, 2.75) is 31.7 Å². The zero-order valence-corrected chi connectivity index (χ0v) is 17.2. The van der Waals surface area contributed by atoms with Gasteiger partial charge in [0.05, 0.1) is 20.3 Å². The summed E-state index contributed by atoms with van der Waals surface area (Å²) in [6.07, 6.45) is 5.14. The predicted octanol–water partition coefficient (Wildman–Crippen LogP) is 4.14. The fourth-order valence-corrected chi connectivity index (χ4v) is 4.72. The Kier molecular flexibility index (Phi) is 6.18. The Morgan fingerprint density at radius 2 is 1.57 bits per heavy atom. The Labute approximate surface area is 169 Å². The number of hydrogen-bond acceptors (Lipinski definition) is 4. The van der Waals surface area contributed by atoms with E-state index in [2.05, 4.69) is 52.3 Å². The number of benzene rings is 2. The molecule has 2 aromatic rings. The molecule has 28 heavy (non-hydrogen) atoms. The fourth-order valence-electron chi connectivity index (χ4n) is 4.72. The van der Waals surface area contributed by atoms with Gasteiger partial charge in [-0.05, 0) is 61.2 Å². The van der Waals surface area contributed by atoms with Gasteiger partial charge in [-0.3, -0.25) is 4.90 Å². The van der Waals surface area contributed by atoms with E-state index in [0.717, 1.165) is 37.6 Å². The van der Waals surface area contributed by atoms with E-state index >= 15 is 0 Å². The third kappa shape index (κ3) is 4.03. The van der Waals surface area contributed by atoms with Crippen LogP contribution >= 0.6 is 0 Å². The highest BCUT2D eigenvalue weighted by molar-refractivity contribution is 5.51. The average Bonchev–Trinajstić information content (AvgIpc) is 2.77. The molecular weight excluding hydrogens is 348 g/mol. The second-order valence-corrected chi connectivity index (χ2v) is 7.91. The van der Waals surface area contributed by atoms with Crippen molar-refractivity contribution in [2.24, 2.45) is 0 Å². The van der Waals surface area contributed by atoms with Crippen LogP contribution in [0.5, 0.6) is 11.5 Å². The van der Waals surface area contributed by atoms with Crippen LogP contribution in [0.4, 0.5) is 0 Å². The van der Waals surface area contributed by atoms with E-state index in [9.17, 15) is 0 Å². The Bertz CT molecular complexity index is 772. The van der Waals surface area contributed by atoms with Crippen molar-refractivity contribution < 1.29 is 9.47 Å². The molecule has 0 saturated carbocycles. The van der Waals surface area contributed by atoms with Crippen molar-refractivity contribution in [3.63, 3.8) is 0 Å². The Hall–Kier alpha value is -2.04. The highest BCUT2D eigenvalue weighted by Crippen LogP contribution is 2.40. The fraction of sp³-hybridized carbons (Fsp3) is 0.500. The summed E-state index contributed by atoms with van der Waals surface area (Å²) in [5.41, 5.74) is 4.09. The monoisotopic (exact) mass is 380 g/mol. The van der Waals surface area contributed by atoms with E-state index in [4.69, 9.17) is 9.47 Å². The molecular formula is C24H32N2O2. The Morgan fingerprint density at radius 1 is 0.857 bits per heavy atom. The van der Waals surface area contributed by atoms with Gasteiger partial charge in [0.2, 0.25) is 0 Å². The van der Waals surface area contributed by atoms with Gasteiger partial charge in [-0.1, -0.05) is 36.8 Å². The first-order chi connectivity index (χ1) is 13.8. The van der Waals surface area contributed by atoms with Gasteiger partial charge in [0.1, 0.15) is 0 Å². The molecule has 1 fully saturated rings. The van der Waals surface area contributed by atoms with Crippen LogP contribution in [0.2, 0.25) is 0 Å². The first-order valence-electron chi connectivity index (χ1n) is 10.6. The molecule has 1 unspecified atom stereocenters. The summed E-state index contributed by atoms with van der Waals surface area (Å²) in [6, 6.07) is 15.5. The highest BCUT2D eigenvalue weighted by Gasteiger charge is 2.30. The van der Waals surface area contributed by atoms with Crippen molar-refractivity contribution in [2.75, 3.05) is 46.9 Å². The SMILES string of the molecule is COc1cc2c(cc1OC)C(c1ccccc1)N(CCN1CCCCC1)CC2. The molecule has 1 saturated heterocycles. The topological polar surface area (TPSA) is 24.9 Å². The molecule has 1 atom stereocenters. The van der Waals surface area contributed by atoms with Crippen LogP contribution in [0.25, 0.3) is 0 Å². The third-order valence-electron chi connectivity index (χ3n) is 6.24. The predicted molar refractivity (Wildman–Crippen MR) is 113 cm³/mol. The van der Waals surface area contributed by atoms with Crippen molar-refractivity contribution in [1.82, 2.24) is 9.80 Å². The van der Waals surface area contributed by atoms with E-state index in [0.29, 0.717) is 0 Å². The van der Waals surface area contributed by atoms with Crippen LogP contribution in [-0.4, -0.2) is 56.7 Å². The van der Waals surface area contributed by atoms with Crippen molar-refractivity contribution in [3.8, 4) is 11.5 Å². The van der Waals surface area contributed by atoms with Gasteiger partial charge in [0, 0.05) is 19.6 Å². The van der Waals surface area contributed by atoms with Crippen LogP contribution in [-0.2, 0) is 6.42 Å². The minimum atomic E-state index is 0.273. The molecule has 4 nitrogen and oxygen atoms in total. The first kappa shape index (κ1) is 19.3. The Balaban J connectivity index is 1.64. The second-order valence-electron chi connectivity index (χ2n) is 7.91. The van der Waals surface area contributed by atoms with E-state index in [1.807, 2.05) is 0 Å². The van der Waals surface area contributed by atoms with Gasteiger partial charge < -0.3 is 14.4 Å². The summed E-state index contributed by atoms with van der Waals surface area (Å²) in [7, 11) is 3.44. The molecule has 2 heterocycles. The maximum Gasteiger partial charge on any atom is 0.161 e. The molecule has 0 aromatic heterocycles. The molecule has 0 N–H and O–H groups in total. The van der Waals surface area contributed by atoms with Crippen molar-refractivity contribution >= 4 is 0 Å². The van der Waals surface area contributed by atoms with E-state index < -0.39 is 0 Å². The number of ether oxygens (including phenoxy) is 2. The summed E-state index contributed by atoms with van der Waals surface area (Å²) in [5.74, 6) is 1.65. The maximum absolute atomic E-state index is 5.63. The third-order valence-corrected chi connectivity index (χ3v) is 6.24. The molecule has 0 amide bonds. The lowest BCUT2D eigenvalue weighted by molar-refractivity contribution is 0.155. The van der Waals surface area contributed by atoms with Crippen LogP contribution in [0.15, 0.2) is 42.5 Å². The van der Waals surface area contributed by atoms with Crippen molar-refractivity contribution in [3.05, 3.63) is 59.2 Å². The van der Waals surface area contributed by atoms with Crippen LogP contribution in [0.3, 0.4) is 0 Å². The number of hydrogen-bond donors (Lipinski definition) is 0. The number of methoxy groups -OCH3 is 2. The molecule has 0 bridgehead atoms. The normalized spacial score (nSPS) is 20.6. The van der Waals surface area contributed by atoms with Crippen LogP contribution in [0.1, 0.15) is 42.0 Å². The minimum absolute atomic E-state index is 0.273. The molecule has 4 rings (SSSR count). The number of nitrogens with zero attached hydrogens (tertiary/aromatic N) is 2. The lowest BCUT2D eigenvalue weighted by Gasteiger charge is -2.39. The summed E-state index contributed by atoms with van der Waals surface area (Å²) >= 11 is 0. The van der Waals surface area contributed by atoms with Gasteiger partial charge in [0.25, 0.3) is 0 Å². The van der Waals surface area contributed by atoms with Crippen LogP contribution < -0.4 is 9.47 Å². The van der Waals surface area contributed by atoms with E-state index in [-0.39, 0.29) is 6.04 Å². The number of piperidine rings is 1. The molecule has 0 spiro atoms. The molecule has 150 valence electrons. The zero-order chi connectivity index (χ0) is 19.3. The van der Waals surface area contributed by atoms with Gasteiger partial charge in [-0.2, -0.15) is 0 Å².